The van der Waals surface area contributed by atoms with Gasteiger partial charge in [0, 0.05) is 16.3 Å². The SMILES string of the molecule is Clc1c2ccccc2c(/C=N/n2cnnc2)c2ccccc12. The first kappa shape index (κ1) is 13.0. The summed E-state index contributed by atoms with van der Waals surface area (Å²) in [7, 11) is 0. The summed E-state index contributed by atoms with van der Waals surface area (Å²) in [6.07, 6.45) is 4.93. The van der Waals surface area contributed by atoms with Gasteiger partial charge >= 0.3 is 0 Å². The minimum atomic E-state index is 0.771. The maximum absolute atomic E-state index is 6.58. The molecule has 1 aromatic heterocycles. The number of halogens is 1. The van der Waals surface area contributed by atoms with Crippen molar-refractivity contribution in [2.45, 2.75) is 0 Å². The van der Waals surface area contributed by atoms with Gasteiger partial charge < -0.3 is 0 Å². The molecule has 4 rings (SSSR count). The zero-order valence-corrected chi connectivity index (χ0v) is 12.3. The Labute approximate surface area is 131 Å². The van der Waals surface area contributed by atoms with Gasteiger partial charge in [-0.05, 0) is 10.8 Å². The summed E-state index contributed by atoms with van der Waals surface area (Å²) in [5.41, 5.74) is 1.03. The molecule has 0 N–H and O–H groups in total. The van der Waals surface area contributed by atoms with Crippen molar-refractivity contribution in [3.8, 4) is 0 Å². The molecule has 4 aromatic rings. The fourth-order valence-electron chi connectivity index (χ4n) is 2.63. The zero-order valence-electron chi connectivity index (χ0n) is 11.5. The molecule has 0 bridgehead atoms. The predicted octanol–water partition coefficient (Wildman–Crippen LogP) is 4.12. The van der Waals surface area contributed by atoms with Crippen LogP contribution in [0.2, 0.25) is 5.02 Å². The van der Waals surface area contributed by atoms with Crippen molar-refractivity contribution in [1.29, 1.82) is 0 Å². The Morgan fingerprint density at radius 1 is 0.818 bits per heavy atom. The molecule has 0 aliphatic heterocycles. The fourth-order valence-corrected chi connectivity index (χ4v) is 2.96. The molecule has 1 heterocycles. The van der Waals surface area contributed by atoms with Gasteiger partial charge in [0.25, 0.3) is 0 Å². The molecule has 0 saturated heterocycles. The molecule has 4 nitrogen and oxygen atoms in total. The first-order valence-electron chi connectivity index (χ1n) is 6.82. The van der Waals surface area contributed by atoms with Crippen molar-refractivity contribution in [2.75, 3.05) is 0 Å². The lowest BCUT2D eigenvalue weighted by atomic mass is 9.97. The largest absolute Gasteiger partial charge is 0.208 e. The Bertz CT molecular complexity index is 933. The highest BCUT2D eigenvalue weighted by molar-refractivity contribution is 6.42. The third-order valence-electron chi connectivity index (χ3n) is 3.63. The standard InChI is InChI=1S/C17H11ClN4/c18-17-14-7-3-1-5-12(14)16(9-21-22-10-19-20-11-22)13-6-2-4-8-15(13)17/h1-11H/b21-9+. The molecule has 0 spiro atoms. The second kappa shape index (κ2) is 5.24. The van der Waals surface area contributed by atoms with E-state index in [1.165, 1.54) is 0 Å². The number of rotatable bonds is 2. The van der Waals surface area contributed by atoms with Crippen molar-refractivity contribution >= 4 is 39.4 Å². The lowest BCUT2D eigenvalue weighted by Gasteiger charge is -2.10. The quantitative estimate of drug-likeness (QED) is 0.413. The van der Waals surface area contributed by atoms with Crippen LogP contribution in [-0.2, 0) is 0 Å². The highest BCUT2D eigenvalue weighted by Gasteiger charge is 2.10. The molecular weight excluding hydrogens is 296 g/mol. The van der Waals surface area contributed by atoms with Crippen LogP contribution in [-0.4, -0.2) is 21.1 Å². The van der Waals surface area contributed by atoms with Gasteiger partial charge in [-0.3, -0.25) is 0 Å². The van der Waals surface area contributed by atoms with E-state index in [0.717, 1.165) is 32.1 Å². The van der Waals surface area contributed by atoms with Crippen LogP contribution in [0.4, 0.5) is 0 Å². The van der Waals surface area contributed by atoms with Gasteiger partial charge in [-0.1, -0.05) is 60.1 Å². The molecule has 0 radical (unpaired) electrons. The summed E-state index contributed by atoms with van der Waals surface area (Å²) in [6.45, 7) is 0. The molecule has 0 saturated carbocycles. The molecule has 0 unspecified atom stereocenters. The average molecular weight is 307 g/mol. The normalized spacial score (nSPS) is 11.7. The molecule has 0 amide bonds. The number of hydrogen-bond donors (Lipinski definition) is 0. The van der Waals surface area contributed by atoms with Gasteiger partial charge in [-0.15, -0.1) is 10.2 Å². The zero-order chi connectivity index (χ0) is 14.9. The maximum atomic E-state index is 6.58. The number of nitrogens with zero attached hydrogens (tertiary/aromatic N) is 4. The lowest BCUT2D eigenvalue weighted by Crippen LogP contribution is -1.92. The molecule has 106 valence electrons. The third kappa shape index (κ3) is 2.05. The van der Waals surface area contributed by atoms with Crippen LogP contribution in [0.1, 0.15) is 5.56 Å². The molecule has 0 fully saturated rings. The molecule has 0 aliphatic rings. The minimum absolute atomic E-state index is 0.771. The summed E-state index contributed by atoms with van der Waals surface area (Å²) in [5.74, 6) is 0. The van der Waals surface area contributed by atoms with Gasteiger partial charge in [0.15, 0.2) is 0 Å². The number of aromatic nitrogens is 3. The van der Waals surface area contributed by atoms with E-state index >= 15 is 0 Å². The van der Waals surface area contributed by atoms with Gasteiger partial charge in [0.1, 0.15) is 12.7 Å². The summed E-state index contributed by atoms with van der Waals surface area (Å²) >= 11 is 6.58. The Kier molecular flexibility index (Phi) is 3.09. The van der Waals surface area contributed by atoms with Crippen molar-refractivity contribution < 1.29 is 0 Å². The molecule has 22 heavy (non-hydrogen) atoms. The van der Waals surface area contributed by atoms with Crippen LogP contribution < -0.4 is 0 Å². The fraction of sp³-hybridized carbons (Fsp3) is 0. The molecular formula is C17H11ClN4. The van der Waals surface area contributed by atoms with Crippen LogP contribution in [0.15, 0.2) is 66.3 Å². The van der Waals surface area contributed by atoms with Crippen molar-refractivity contribution in [2.24, 2.45) is 5.10 Å². The molecule has 5 heteroatoms. The Morgan fingerprint density at radius 2 is 1.32 bits per heavy atom. The first-order chi connectivity index (χ1) is 10.8. The summed E-state index contributed by atoms with van der Waals surface area (Å²) in [5, 5.41) is 16.9. The van der Waals surface area contributed by atoms with E-state index in [0.29, 0.717) is 0 Å². The van der Waals surface area contributed by atoms with E-state index in [9.17, 15) is 0 Å². The van der Waals surface area contributed by atoms with Gasteiger partial charge in [-0.2, -0.15) is 5.10 Å². The first-order valence-corrected chi connectivity index (χ1v) is 7.20. The third-order valence-corrected chi connectivity index (χ3v) is 4.04. The molecule has 0 atom stereocenters. The second-order valence-electron chi connectivity index (χ2n) is 4.91. The van der Waals surface area contributed by atoms with Crippen LogP contribution in [0.25, 0.3) is 21.5 Å². The number of hydrogen-bond acceptors (Lipinski definition) is 3. The van der Waals surface area contributed by atoms with E-state index in [1.54, 1.807) is 17.3 Å². The van der Waals surface area contributed by atoms with Gasteiger partial charge in [0.05, 0.1) is 11.2 Å². The predicted molar refractivity (Wildman–Crippen MR) is 89.5 cm³/mol. The minimum Gasteiger partial charge on any atom is -0.208 e. The highest BCUT2D eigenvalue weighted by atomic mass is 35.5. The second-order valence-corrected chi connectivity index (χ2v) is 5.28. The van der Waals surface area contributed by atoms with E-state index < -0.39 is 0 Å². The average Bonchev–Trinajstić information content (AvgIpc) is 3.08. The van der Waals surface area contributed by atoms with Crippen LogP contribution in [0, 0.1) is 0 Å². The van der Waals surface area contributed by atoms with Crippen molar-refractivity contribution in [3.05, 3.63) is 71.8 Å². The summed E-state index contributed by atoms with van der Waals surface area (Å²) < 4.78 is 1.57. The Hall–Kier alpha value is -2.72. The van der Waals surface area contributed by atoms with E-state index in [4.69, 9.17) is 11.6 Å². The monoisotopic (exact) mass is 306 g/mol. The molecule has 3 aromatic carbocycles. The van der Waals surface area contributed by atoms with Crippen molar-refractivity contribution in [3.63, 3.8) is 0 Å². The van der Waals surface area contributed by atoms with Gasteiger partial charge in [0.2, 0.25) is 0 Å². The van der Waals surface area contributed by atoms with Gasteiger partial charge in [-0.25, -0.2) is 4.68 Å². The smallest absolute Gasteiger partial charge is 0.141 e. The lowest BCUT2D eigenvalue weighted by molar-refractivity contribution is 0.879. The van der Waals surface area contributed by atoms with E-state index in [2.05, 4.69) is 27.4 Å². The maximum Gasteiger partial charge on any atom is 0.141 e. The van der Waals surface area contributed by atoms with E-state index in [-0.39, 0.29) is 0 Å². The number of fused-ring (bicyclic) bond motifs is 2. The topological polar surface area (TPSA) is 43.1 Å². The van der Waals surface area contributed by atoms with Crippen LogP contribution in [0.3, 0.4) is 0 Å². The highest BCUT2D eigenvalue weighted by Crippen LogP contribution is 2.35. The van der Waals surface area contributed by atoms with Crippen molar-refractivity contribution in [1.82, 2.24) is 14.9 Å². The van der Waals surface area contributed by atoms with E-state index in [1.807, 2.05) is 42.6 Å². The van der Waals surface area contributed by atoms with Crippen LogP contribution >= 0.6 is 11.6 Å². The Balaban J connectivity index is 2.07. The van der Waals surface area contributed by atoms with Crippen LogP contribution in [0.5, 0.6) is 0 Å². The summed E-state index contributed by atoms with van der Waals surface area (Å²) in [4.78, 5) is 0. The number of benzene rings is 3. The Morgan fingerprint density at radius 3 is 1.86 bits per heavy atom. The molecule has 0 aliphatic carbocycles. The summed E-state index contributed by atoms with van der Waals surface area (Å²) in [6, 6.07) is 16.2.